The molecular formula is C22H20N2O3S. The average molecular weight is 392 g/mol. The Hall–Kier alpha value is -2.98. The predicted molar refractivity (Wildman–Crippen MR) is 107 cm³/mol. The number of nitrogens with one attached hydrogen (secondary N) is 1. The van der Waals surface area contributed by atoms with Crippen molar-refractivity contribution < 1.29 is 13.2 Å². The van der Waals surface area contributed by atoms with Gasteiger partial charge in [-0.15, -0.1) is 0 Å². The van der Waals surface area contributed by atoms with Crippen LogP contribution in [0.1, 0.15) is 22.3 Å². The Bertz CT molecular complexity index is 1070. The first-order valence-corrected chi connectivity index (χ1v) is 10.2. The molecule has 0 bridgehead atoms. The second-order valence-electron chi connectivity index (χ2n) is 6.26. The molecule has 0 aromatic heterocycles. The molecule has 142 valence electrons. The van der Waals surface area contributed by atoms with Gasteiger partial charge in [-0.05, 0) is 34.9 Å². The summed E-state index contributed by atoms with van der Waals surface area (Å²) in [7, 11) is -3.69. The predicted octanol–water partition coefficient (Wildman–Crippen LogP) is 3.75. The minimum Gasteiger partial charge on any atom is -0.372 e. The fourth-order valence-corrected chi connectivity index (χ4v) is 3.75. The van der Waals surface area contributed by atoms with Crippen molar-refractivity contribution in [3.63, 3.8) is 0 Å². The molecule has 0 aliphatic carbocycles. The molecule has 5 nitrogen and oxygen atoms in total. The average Bonchev–Trinajstić information content (AvgIpc) is 2.73. The monoisotopic (exact) mass is 392 g/mol. The molecule has 0 aliphatic heterocycles. The third-order valence-corrected chi connectivity index (χ3v) is 5.51. The first kappa shape index (κ1) is 19.8. The van der Waals surface area contributed by atoms with Gasteiger partial charge in [0, 0.05) is 6.54 Å². The zero-order chi connectivity index (χ0) is 19.8. The molecule has 1 N–H and O–H groups in total. The highest BCUT2D eigenvalue weighted by molar-refractivity contribution is 7.89. The molecule has 0 radical (unpaired) electrons. The lowest BCUT2D eigenvalue weighted by molar-refractivity contribution is 0.107. The van der Waals surface area contributed by atoms with E-state index in [9.17, 15) is 8.42 Å². The fourth-order valence-electron chi connectivity index (χ4n) is 2.68. The minimum absolute atomic E-state index is 0.0777. The summed E-state index contributed by atoms with van der Waals surface area (Å²) in [6, 6.07) is 25.4. The van der Waals surface area contributed by atoms with E-state index in [0.29, 0.717) is 18.8 Å². The summed E-state index contributed by atoms with van der Waals surface area (Å²) in [4.78, 5) is 0.0777. The van der Waals surface area contributed by atoms with Crippen molar-refractivity contribution in [3.05, 3.63) is 101 Å². The van der Waals surface area contributed by atoms with Gasteiger partial charge in [-0.25, -0.2) is 13.1 Å². The minimum atomic E-state index is -3.69. The molecule has 0 amide bonds. The summed E-state index contributed by atoms with van der Waals surface area (Å²) < 4.78 is 33.2. The van der Waals surface area contributed by atoms with Gasteiger partial charge < -0.3 is 4.74 Å². The highest BCUT2D eigenvalue weighted by Gasteiger charge is 2.14. The lowest BCUT2D eigenvalue weighted by atomic mass is 10.1. The SMILES string of the molecule is N#Cc1cccc(S(=O)(=O)NCc2cccc(COCc3ccccc3)c2)c1. The summed E-state index contributed by atoms with van der Waals surface area (Å²) in [5.41, 5.74) is 3.21. The Balaban J connectivity index is 1.59. The van der Waals surface area contributed by atoms with Gasteiger partial charge in [0.05, 0.1) is 29.7 Å². The largest absolute Gasteiger partial charge is 0.372 e. The first-order chi connectivity index (χ1) is 13.6. The number of ether oxygens (including phenoxy) is 1. The second kappa shape index (κ2) is 9.29. The van der Waals surface area contributed by atoms with Crippen LogP contribution in [0.2, 0.25) is 0 Å². The Morgan fingerprint density at radius 3 is 2.29 bits per heavy atom. The molecule has 0 fully saturated rings. The van der Waals surface area contributed by atoms with Crippen LogP contribution in [0.3, 0.4) is 0 Å². The quantitative estimate of drug-likeness (QED) is 0.633. The van der Waals surface area contributed by atoms with Crippen molar-refractivity contribution in [1.82, 2.24) is 4.72 Å². The molecule has 6 heteroatoms. The van der Waals surface area contributed by atoms with Gasteiger partial charge in [-0.3, -0.25) is 0 Å². The van der Waals surface area contributed by atoms with Gasteiger partial charge in [0.25, 0.3) is 0 Å². The van der Waals surface area contributed by atoms with Gasteiger partial charge in [0.2, 0.25) is 10.0 Å². The molecule has 0 spiro atoms. The van der Waals surface area contributed by atoms with E-state index in [1.807, 2.05) is 60.7 Å². The first-order valence-electron chi connectivity index (χ1n) is 8.76. The molecule has 0 heterocycles. The van der Waals surface area contributed by atoms with Crippen molar-refractivity contribution in [2.75, 3.05) is 0 Å². The third kappa shape index (κ3) is 5.51. The zero-order valence-corrected chi connectivity index (χ0v) is 16.0. The molecule has 3 aromatic carbocycles. The maximum absolute atomic E-state index is 12.4. The normalized spacial score (nSPS) is 11.1. The van der Waals surface area contributed by atoms with Gasteiger partial charge >= 0.3 is 0 Å². The molecule has 0 unspecified atom stereocenters. The lowest BCUT2D eigenvalue weighted by Crippen LogP contribution is -2.23. The van der Waals surface area contributed by atoms with Crippen molar-refractivity contribution >= 4 is 10.0 Å². The van der Waals surface area contributed by atoms with Crippen LogP contribution in [0.4, 0.5) is 0 Å². The summed E-state index contributed by atoms with van der Waals surface area (Å²) in [5, 5.41) is 8.93. The van der Waals surface area contributed by atoms with Crippen LogP contribution >= 0.6 is 0 Å². The number of nitrogens with zero attached hydrogens (tertiary/aromatic N) is 1. The zero-order valence-electron chi connectivity index (χ0n) is 15.2. The topological polar surface area (TPSA) is 79.2 Å². The van der Waals surface area contributed by atoms with Crippen LogP contribution in [0.15, 0.2) is 83.8 Å². The van der Waals surface area contributed by atoms with Crippen molar-refractivity contribution in [2.24, 2.45) is 0 Å². The summed E-state index contributed by atoms with van der Waals surface area (Å²) in [6.07, 6.45) is 0. The number of hydrogen-bond acceptors (Lipinski definition) is 4. The summed E-state index contributed by atoms with van der Waals surface area (Å²) >= 11 is 0. The lowest BCUT2D eigenvalue weighted by Gasteiger charge is -2.09. The number of hydrogen-bond donors (Lipinski definition) is 1. The van der Waals surface area contributed by atoms with Crippen LogP contribution < -0.4 is 4.72 Å². The summed E-state index contributed by atoms with van der Waals surface area (Å²) in [6.45, 7) is 1.12. The maximum atomic E-state index is 12.4. The van der Waals surface area contributed by atoms with Gasteiger partial charge in [0.15, 0.2) is 0 Å². The molecule has 0 atom stereocenters. The van der Waals surface area contributed by atoms with Crippen molar-refractivity contribution in [3.8, 4) is 6.07 Å². The van der Waals surface area contributed by atoms with E-state index in [1.54, 1.807) is 12.1 Å². The van der Waals surface area contributed by atoms with Crippen molar-refractivity contribution in [2.45, 2.75) is 24.7 Å². The molecule has 0 saturated heterocycles. The molecule has 0 saturated carbocycles. The molecular weight excluding hydrogens is 372 g/mol. The maximum Gasteiger partial charge on any atom is 0.240 e. The molecule has 0 aliphatic rings. The highest BCUT2D eigenvalue weighted by Crippen LogP contribution is 2.13. The van der Waals surface area contributed by atoms with E-state index < -0.39 is 10.0 Å². The van der Waals surface area contributed by atoms with E-state index in [1.165, 1.54) is 12.1 Å². The van der Waals surface area contributed by atoms with E-state index in [4.69, 9.17) is 10.00 Å². The van der Waals surface area contributed by atoms with Crippen LogP contribution in [-0.4, -0.2) is 8.42 Å². The number of benzene rings is 3. The Morgan fingerprint density at radius 2 is 1.50 bits per heavy atom. The second-order valence-corrected chi connectivity index (χ2v) is 8.03. The van der Waals surface area contributed by atoms with Crippen LogP contribution in [0, 0.1) is 11.3 Å². The Labute approximate surface area is 165 Å². The number of rotatable bonds is 8. The number of sulfonamides is 1. The third-order valence-electron chi connectivity index (χ3n) is 4.11. The highest BCUT2D eigenvalue weighted by atomic mass is 32.2. The molecule has 28 heavy (non-hydrogen) atoms. The smallest absolute Gasteiger partial charge is 0.240 e. The van der Waals surface area contributed by atoms with E-state index in [-0.39, 0.29) is 11.4 Å². The van der Waals surface area contributed by atoms with Crippen LogP contribution in [-0.2, 0) is 34.5 Å². The van der Waals surface area contributed by atoms with Gasteiger partial charge in [0.1, 0.15) is 0 Å². The number of nitriles is 1. The van der Waals surface area contributed by atoms with Gasteiger partial charge in [-0.2, -0.15) is 5.26 Å². The van der Waals surface area contributed by atoms with Gasteiger partial charge in [-0.1, -0.05) is 60.7 Å². The molecule has 3 aromatic rings. The van der Waals surface area contributed by atoms with Crippen LogP contribution in [0.25, 0.3) is 0 Å². The standard InChI is InChI=1S/C22H20N2O3S/c23-14-19-8-5-11-22(13-19)28(25,26)24-15-20-9-4-10-21(12-20)17-27-16-18-6-2-1-3-7-18/h1-13,24H,15-17H2. The summed E-state index contributed by atoms with van der Waals surface area (Å²) in [5.74, 6) is 0. The van der Waals surface area contributed by atoms with E-state index in [2.05, 4.69) is 4.72 Å². The Morgan fingerprint density at radius 1 is 0.821 bits per heavy atom. The van der Waals surface area contributed by atoms with Crippen molar-refractivity contribution in [1.29, 1.82) is 5.26 Å². The molecule has 3 rings (SSSR count). The fraction of sp³-hybridized carbons (Fsp3) is 0.136. The van der Waals surface area contributed by atoms with E-state index in [0.717, 1.165) is 16.7 Å². The van der Waals surface area contributed by atoms with Crippen LogP contribution in [0.5, 0.6) is 0 Å². The Kier molecular flexibility index (Phi) is 6.56. The van der Waals surface area contributed by atoms with E-state index >= 15 is 0 Å².